The summed E-state index contributed by atoms with van der Waals surface area (Å²) in [6.07, 6.45) is 6.25. The zero-order valence-electron chi connectivity index (χ0n) is 13.4. The molecule has 1 unspecified atom stereocenters. The smallest absolute Gasteiger partial charge is 0.407 e. The summed E-state index contributed by atoms with van der Waals surface area (Å²) in [6, 6.07) is 0.889. The van der Waals surface area contributed by atoms with Gasteiger partial charge in [-0.15, -0.1) is 0 Å². The minimum Gasteiger partial charge on any atom is -0.444 e. The minimum atomic E-state index is -0.426. The first-order valence-corrected chi connectivity index (χ1v) is 8.08. The van der Waals surface area contributed by atoms with E-state index in [9.17, 15) is 4.79 Å². The summed E-state index contributed by atoms with van der Waals surface area (Å²) in [4.78, 5) is 11.6. The molecule has 2 N–H and O–H groups in total. The molecule has 2 aliphatic carbocycles. The highest BCUT2D eigenvalue weighted by Crippen LogP contribution is 2.44. The van der Waals surface area contributed by atoms with Crippen molar-refractivity contribution in [3.8, 4) is 0 Å². The van der Waals surface area contributed by atoms with Gasteiger partial charge in [0.25, 0.3) is 0 Å². The molecular weight excluding hydrogens is 252 g/mol. The number of hydrogen-bond acceptors (Lipinski definition) is 3. The minimum absolute atomic E-state index is 0.149. The fourth-order valence-corrected chi connectivity index (χ4v) is 2.68. The van der Waals surface area contributed by atoms with Crippen LogP contribution in [0.1, 0.15) is 59.8 Å². The van der Waals surface area contributed by atoms with Crippen LogP contribution < -0.4 is 10.6 Å². The molecule has 0 aromatic heterocycles. The largest absolute Gasteiger partial charge is 0.444 e. The Morgan fingerprint density at radius 2 is 1.75 bits per heavy atom. The Bertz CT molecular complexity index is 318. The van der Waals surface area contributed by atoms with Crippen molar-refractivity contribution < 1.29 is 9.53 Å². The van der Waals surface area contributed by atoms with Gasteiger partial charge in [-0.2, -0.15) is 0 Å². The Kier molecular flexibility index (Phi) is 4.95. The fourth-order valence-electron chi connectivity index (χ4n) is 2.68. The third kappa shape index (κ3) is 5.70. The van der Waals surface area contributed by atoms with Crippen LogP contribution in [0.15, 0.2) is 0 Å². The predicted octanol–water partition coefficient (Wildman–Crippen LogP) is 3.07. The molecule has 2 rings (SSSR count). The molecule has 0 heterocycles. The topological polar surface area (TPSA) is 50.4 Å². The number of ether oxygens (including phenoxy) is 1. The summed E-state index contributed by atoms with van der Waals surface area (Å²) in [5.74, 6) is 1.85. The van der Waals surface area contributed by atoms with Crippen molar-refractivity contribution in [1.82, 2.24) is 10.6 Å². The van der Waals surface area contributed by atoms with Crippen LogP contribution in [0.3, 0.4) is 0 Å². The highest BCUT2D eigenvalue weighted by atomic mass is 16.6. The molecule has 0 saturated heterocycles. The molecule has 0 radical (unpaired) electrons. The van der Waals surface area contributed by atoms with E-state index in [1.807, 2.05) is 27.7 Å². The van der Waals surface area contributed by atoms with Gasteiger partial charge in [-0.1, -0.05) is 0 Å². The molecule has 116 valence electrons. The Hall–Kier alpha value is -0.770. The Labute approximate surface area is 123 Å². The van der Waals surface area contributed by atoms with Crippen molar-refractivity contribution >= 4 is 6.09 Å². The van der Waals surface area contributed by atoms with Gasteiger partial charge >= 0.3 is 6.09 Å². The van der Waals surface area contributed by atoms with Gasteiger partial charge in [-0.3, -0.25) is 0 Å². The summed E-state index contributed by atoms with van der Waals surface area (Å²) in [7, 11) is 0. The van der Waals surface area contributed by atoms with Crippen LogP contribution in [-0.2, 0) is 4.74 Å². The number of carbonyl (C=O) groups is 1. The van der Waals surface area contributed by atoms with Crippen molar-refractivity contribution in [2.75, 3.05) is 6.54 Å². The van der Waals surface area contributed by atoms with E-state index in [1.54, 1.807) is 0 Å². The second-order valence-corrected chi connectivity index (χ2v) is 7.49. The van der Waals surface area contributed by atoms with Crippen LogP contribution >= 0.6 is 0 Å². The second-order valence-electron chi connectivity index (χ2n) is 7.49. The summed E-state index contributed by atoms with van der Waals surface area (Å²) in [5.41, 5.74) is -0.426. The molecule has 1 atom stereocenters. The summed E-state index contributed by atoms with van der Waals surface area (Å²) < 4.78 is 5.26. The molecule has 4 heteroatoms. The van der Waals surface area contributed by atoms with Crippen molar-refractivity contribution in [2.45, 2.75) is 77.5 Å². The molecule has 0 aliphatic heterocycles. The van der Waals surface area contributed by atoms with E-state index in [0.717, 1.165) is 30.8 Å². The molecule has 1 amide bonds. The van der Waals surface area contributed by atoms with Crippen molar-refractivity contribution in [1.29, 1.82) is 0 Å². The first kappa shape index (κ1) is 15.6. The molecule has 2 saturated carbocycles. The van der Waals surface area contributed by atoms with Crippen molar-refractivity contribution in [3.63, 3.8) is 0 Å². The third-order valence-corrected chi connectivity index (χ3v) is 3.98. The molecular formula is C16H30N2O2. The zero-order valence-corrected chi connectivity index (χ0v) is 13.4. The lowest BCUT2D eigenvalue weighted by atomic mass is 10.1. The average molecular weight is 282 g/mol. The standard InChI is InChI=1S/C16H30N2O2/c1-11(18-15(19)20-16(2,3)4)9-10-17-14(12-5-6-12)13-7-8-13/h11-14,17H,5-10H2,1-4H3,(H,18,19). The van der Waals surface area contributed by atoms with Crippen LogP contribution in [0.2, 0.25) is 0 Å². The number of nitrogens with one attached hydrogen (secondary N) is 2. The van der Waals surface area contributed by atoms with E-state index in [2.05, 4.69) is 10.6 Å². The monoisotopic (exact) mass is 282 g/mol. The first-order chi connectivity index (χ1) is 9.35. The predicted molar refractivity (Wildman–Crippen MR) is 80.7 cm³/mol. The highest BCUT2D eigenvalue weighted by Gasteiger charge is 2.40. The van der Waals surface area contributed by atoms with E-state index in [4.69, 9.17) is 4.74 Å². The lowest BCUT2D eigenvalue weighted by Gasteiger charge is -2.23. The molecule has 0 spiro atoms. The molecule has 2 aliphatic rings. The molecule has 4 nitrogen and oxygen atoms in total. The normalized spacial score (nSPS) is 20.9. The van der Waals surface area contributed by atoms with E-state index in [0.29, 0.717) is 0 Å². The summed E-state index contributed by atoms with van der Waals surface area (Å²) in [5, 5.41) is 6.60. The lowest BCUT2D eigenvalue weighted by Crippen LogP contribution is -2.40. The fraction of sp³-hybridized carbons (Fsp3) is 0.938. The lowest BCUT2D eigenvalue weighted by molar-refractivity contribution is 0.0506. The maximum absolute atomic E-state index is 11.6. The highest BCUT2D eigenvalue weighted by molar-refractivity contribution is 5.67. The summed E-state index contributed by atoms with van der Waals surface area (Å²) >= 11 is 0. The first-order valence-electron chi connectivity index (χ1n) is 8.08. The number of carbonyl (C=O) groups excluding carboxylic acids is 1. The van der Waals surface area contributed by atoms with Gasteiger partial charge in [-0.25, -0.2) is 4.79 Å². The number of rotatable bonds is 7. The molecule has 0 aromatic carbocycles. The maximum atomic E-state index is 11.6. The van der Waals surface area contributed by atoms with Crippen molar-refractivity contribution in [3.05, 3.63) is 0 Å². The second kappa shape index (κ2) is 6.33. The maximum Gasteiger partial charge on any atom is 0.407 e. The third-order valence-electron chi connectivity index (χ3n) is 3.98. The van der Waals surface area contributed by atoms with Crippen LogP contribution in [0.25, 0.3) is 0 Å². The number of alkyl carbamates (subject to hydrolysis) is 1. The van der Waals surface area contributed by atoms with Gasteiger partial charge in [-0.05, 0) is 78.2 Å². The Balaban J connectivity index is 1.59. The van der Waals surface area contributed by atoms with E-state index in [-0.39, 0.29) is 12.1 Å². The molecule has 2 fully saturated rings. The van der Waals surface area contributed by atoms with Crippen LogP contribution in [-0.4, -0.2) is 30.3 Å². The van der Waals surface area contributed by atoms with E-state index in [1.165, 1.54) is 25.7 Å². The zero-order chi connectivity index (χ0) is 14.8. The van der Waals surface area contributed by atoms with Gasteiger partial charge in [0, 0.05) is 12.1 Å². The van der Waals surface area contributed by atoms with Gasteiger partial charge < -0.3 is 15.4 Å². The van der Waals surface area contributed by atoms with Gasteiger partial charge in [0.2, 0.25) is 0 Å². The molecule has 0 bridgehead atoms. The van der Waals surface area contributed by atoms with Crippen molar-refractivity contribution in [2.24, 2.45) is 11.8 Å². The van der Waals surface area contributed by atoms with Crippen LogP contribution in [0.4, 0.5) is 4.79 Å². The van der Waals surface area contributed by atoms with Gasteiger partial charge in [0.05, 0.1) is 0 Å². The number of hydrogen-bond donors (Lipinski definition) is 2. The quantitative estimate of drug-likeness (QED) is 0.754. The molecule has 0 aromatic rings. The van der Waals surface area contributed by atoms with E-state index >= 15 is 0 Å². The van der Waals surface area contributed by atoms with Gasteiger partial charge in [0.1, 0.15) is 5.60 Å². The Morgan fingerprint density at radius 3 is 2.20 bits per heavy atom. The summed E-state index contributed by atoms with van der Waals surface area (Å²) in [6.45, 7) is 8.67. The van der Waals surface area contributed by atoms with E-state index < -0.39 is 5.60 Å². The molecule has 20 heavy (non-hydrogen) atoms. The average Bonchev–Trinajstić information content (AvgIpc) is 3.12. The van der Waals surface area contributed by atoms with Crippen LogP contribution in [0, 0.1) is 11.8 Å². The SMILES string of the molecule is CC(CCNC(C1CC1)C1CC1)NC(=O)OC(C)(C)C. The van der Waals surface area contributed by atoms with Crippen LogP contribution in [0.5, 0.6) is 0 Å². The van der Waals surface area contributed by atoms with Gasteiger partial charge in [0.15, 0.2) is 0 Å². The number of amides is 1. The Morgan fingerprint density at radius 1 is 1.20 bits per heavy atom.